The fourth-order valence-corrected chi connectivity index (χ4v) is 20.6. The molecule has 37 heteroatoms. The summed E-state index contributed by atoms with van der Waals surface area (Å²) in [5.74, 6) is 20.0. The van der Waals surface area contributed by atoms with Crippen molar-refractivity contribution < 1.29 is 76.5 Å². The summed E-state index contributed by atoms with van der Waals surface area (Å²) in [6, 6.07) is 31.1. The Kier molecular flexibility index (Phi) is 28.6. The van der Waals surface area contributed by atoms with E-state index >= 15 is 0 Å². The summed E-state index contributed by atoms with van der Waals surface area (Å²) < 4.78 is 126. The van der Waals surface area contributed by atoms with E-state index in [-0.39, 0.29) is 32.0 Å². The lowest BCUT2D eigenvalue weighted by atomic mass is 9.94. The average Bonchev–Trinajstić information content (AvgIpc) is 1.60. The summed E-state index contributed by atoms with van der Waals surface area (Å²) in [6.45, 7) is 32.4. The van der Waals surface area contributed by atoms with Crippen LogP contribution in [-0.2, 0) is 58.7 Å². The Morgan fingerprint density at radius 2 is 0.630 bits per heavy atom. The van der Waals surface area contributed by atoms with E-state index in [0.717, 1.165) is 134 Å². The highest BCUT2D eigenvalue weighted by Gasteiger charge is 2.33. The summed E-state index contributed by atoms with van der Waals surface area (Å²) in [5.41, 5.74) is 15.5. The third-order valence-corrected chi connectivity index (χ3v) is 29.2. The molecule has 0 atom stereocenters. The van der Waals surface area contributed by atoms with Crippen LogP contribution in [0.5, 0.6) is 0 Å². The van der Waals surface area contributed by atoms with E-state index in [4.69, 9.17) is 36.8 Å². The number of halogens is 2. The van der Waals surface area contributed by atoms with Gasteiger partial charge in [0.2, 0.25) is 0 Å². The average molecular weight is 2140 g/mol. The van der Waals surface area contributed by atoms with Gasteiger partial charge in [-0.3, -0.25) is 14.4 Å². The van der Waals surface area contributed by atoms with Gasteiger partial charge in [0.15, 0.2) is 16.9 Å². The molecule has 0 fully saturated rings. The highest BCUT2D eigenvalue weighted by molar-refractivity contribution is 14.1. The number of pyridine rings is 5. The highest BCUT2D eigenvalue weighted by Crippen LogP contribution is 2.39. The minimum Gasteiger partial charge on any atom is -0.468 e. The molecule has 2 N–H and O–H groups in total. The van der Waals surface area contributed by atoms with Crippen LogP contribution in [0.3, 0.4) is 0 Å². The first-order chi connectivity index (χ1) is 65.3. The van der Waals surface area contributed by atoms with Gasteiger partial charge in [-0.2, -0.15) is 0 Å². The predicted octanol–water partition coefficient (Wildman–Crippen LogP) is 19.8. The first-order valence-corrected chi connectivity index (χ1v) is 49.0. The molecule has 0 aliphatic rings. The number of carbonyl (C=O) groups excluding carboxylic acids is 3. The van der Waals surface area contributed by atoms with Crippen LogP contribution in [0.15, 0.2) is 208 Å². The summed E-state index contributed by atoms with van der Waals surface area (Å²) in [5, 5.41) is 23.7. The van der Waals surface area contributed by atoms with Crippen molar-refractivity contribution in [2.75, 3.05) is 21.3 Å². The highest BCUT2D eigenvalue weighted by atomic mass is 127. The van der Waals surface area contributed by atoms with Gasteiger partial charge in [-0.1, -0.05) is 115 Å². The van der Waals surface area contributed by atoms with Crippen molar-refractivity contribution in [3.05, 3.63) is 263 Å². The molecule has 0 saturated carbocycles. The number of aromatic amines is 2. The van der Waals surface area contributed by atoms with Gasteiger partial charge in [0, 0.05) is 152 Å². The molecule has 0 unspecified atom stereocenters. The minimum absolute atomic E-state index is 0.123. The first-order valence-electron chi connectivity index (χ1n) is 42.5. The maximum Gasteiger partial charge on any atom is 0.323 e. The number of rotatable bonds is 14. The summed E-state index contributed by atoms with van der Waals surface area (Å²) in [4.78, 5) is 65.0. The number of aryl methyl sites for hydroxylation is 12. The SMILES string of the molecule is COC(=O)C(C)(C)C#Cc1c[nH]c2ncc(-c3c(C)noc3C)cc12.COC(=O)C(C)(C)C#Cc1cn(S(=O)(=O)c2ccc(C)cc2)c2ncc(-c3c(C)noc3C)cc12.COC(=O)C(C)(C)C#Cc1cn(S(=O)(=O)c2ccccc2)c2ncc(-c3c(C)noc3C)cc12.Cc1ccc(S(=O)(=O)n2cc(I)c3cc(-c4c(C)noc4C)cnc32)cc1.Cc1noc(C)c1-c1cnc2[nH]cc(I)c2c1. The molecule has 15 heterocycles. The van der Waals surface area contributed by atoms with E-state index in [0.29, 0.717) is 61.8 Å². The molecule has 138 heavy (non-hydrogen) atoms. The molecule has 15 aromatic heterocycles. The lowest BCUT2D eigenvalue weighted by molar-refractivity contribution is -0.148. The topological polar surface area (TPSA) is 422 Å². The summed E-state index contributed by atoms with van der Waals surface area (Å²) in [6.07, 6.45) is 16.7. The van der Waals surface area contributed by atoms with Crippen molar-refractivity contribution in [2.24, 2.45) is 16.2 Å². The fourth-order valence-electron chi connectivity index (χ4n) is 15.1. The number of hydrogen-bond donors (Lipinski definition) is 2. The predicted molar refractivity (Wildman–Crippen MR) is 536 cm³/mol. The van der Waals surface area contributed by atoms with Gasteiger partial charge in [0.05, 0.1) is 81.2 Å². The Balaban J connectivity index is 0.000000140. The molecule has 18 aromatic rings. The van der Waals surface area contributed by atoms with Crippen LogP contribution in [0.1, 0.15) is 127 Å². The maximum absolute atomic E-state index is 13.5. The summed E-state index contributed by atoms with van der Waals surface area (Å²) >= 11 is 4.43. The van der Waals surface area contributed by atoms with Crippen molar-refractivity contribution in [1.82, 2.24) is 72.6 Å². The monoisotopic (exact) mass is 2140 g/mol. The van der Waals surface area contributed by atoms with Crippen LogP contribution < -0.4 is 0 Å². The third kappa shape index (κ3) is 20.2. The first kappa shape index (κ1) is 99.5. The number of hydrogen-bond acceptors (Lipinski definition) is 27. The zero-order valence-electron chi connectivity index (χ0n) is 78.9. The third-order valence-electron chi connectivity index (χ3n) is 22.5. The van der Waals surface area contributed by atoms with Gasteiger partial charge < -0.3 is 46.8 Å². The standard InChI is InChI=1S/C26H25N3O5S.C25H23N3O5S.C19H16IN3O3S.C19H19N3O3.C12H10IN3O/c1-16-7-9-21(10-8-16)35(31,32)29-15-19(11-12-26(4,5)25(30)33-6)22-13-20(14-27-24(22)29)23-17(2)28-34-18(23)3;1-16-22(17(2)33-27-16)19-13-21-18(11-12-25(3,4)24(29)32-5)15-28(23(21)26-14-19)34(30,31)20-9-7-6-8-10-20;1-11-4-6-15(7-5-11)27(24,25)23-10-17(20)16-8-14(9-21-19(16)23)18-12(2)22-26-13(18)3;1-11-16(12(2)25-22-11)14-8-15-13(9-20-17(15)21-10-14)6-7-19(3,4)18(23)24-5;1-6-11(7(2)17-16-6)8-3-9-10(13)5-15-12(9)14-4-8/h7-10,13-15H,1-6H3;6-10,13-15H,1-5H3;4-10H,1-3H3;8-10H,1-5H3,(H,20,21);3-5H,1-2H3,(H,14,15). The van der Waals surface area contributed by atoms with Crippen LogP contribution in [0.2, 0.25) is 0 Å². The number of fused-ring (bicyclic) bond motifs is 5. The number of nitrogens with zero attached hydrogens (tertiary/aromatic N) is 13. The van der Waals surface area contributed by atoms with Gasteiger partial charge in [0.25, 0.3) is 30.1 Å². The second-order valence-electron chi connectivity index (χ2n) is 33.9. The molecule has 0 aliphatic heterocycles. The Morgan fingerprint density at radius 1 is 0.348 bits per heavy atom. The maximum atomic E-state index is 13.5. The lowest BCUT2D eigenvalue weighted by Gasteiger charge is -2.13. The molecule has 32 nitrogen and oxygen atoms in total. The largest absolute Gasteiger partial charge is 0.468 e. The molecule has 0 spiro atoms. The van der Waals surface area contributed by atoms with E-state index in [9.17, 15) is 39.6 Å². The van der Waals surface area contributed by atoms with Crippen LogP contribution in [0.25, 0.3) is 111 Å². The number of esters is 3. The van der Waals surface area contributed by atoms with Gasteiger partial charge in [-0.15, -0.1) is 0 Å². The number of ether oxygens (including phenoxy) is 3. The molecule has 18 rings (SSSR count). The van der Waals surface area contributed by atoms with E-state index in [1.807, 2.05) is 99.8 Å². The normalized spacial score (nSPS) is 11.7. The van der Waals surface area contributed by atoms with E-state index in [2.05, 4.69) is 147 Å². The number of methoxy groups -OCH3 is 3. The molecular formula is C101H93I2N15O17S3. The number of H-pyrrole nitrogens is 2. The molecule has 0 radical (unpaired) electrons. The van der Waals surface area contributed by atoms with Crippen molar-refractivity contribution in [3.8, 4) is 91.2 Å². The zero-order chi connectivity index (χ0) is 99.7. The minimum atomic E-state index is -3.96. The van der Waals surface area contributed by atoms with E-state index in [1.165, 1.54) is 53.4 Å². The van der Waals surface area contributed by atoms with Crippen LogP contribution in [0.4, 0.5) is 0 Å². The van der Waals surface area contributed by atoms with E-state index < -0.39 is 58.3 Å². The Hall–Kier alpha value is -14.4. The summed E-state index contributed by atoms with van der Waals surface area (Å²) in [7, 11) is -7.67. The Bertz CT molecular complexity index is 8300. The quantitative estimate of drug-likeness (QED) is 0.0442. The molecule has 706 valence electrons. The molecule has 0 saturated heterocycles. The van der Waals surface area contributed by atoms with Crippen molar-refractivity contribution in [1.29, 1.82) is 0 Å². The van der Waals surface area contributed by atoms with Gasteiger partial charge in [-0.25, -0.2) is 62.1 Å². The Labute approximate surface area is 822 Å². The lowest BCUT2D eigenvalue weighted by Crippen LogP contribution is -2.23. The molecule has 0 aliphatic carbocycles. The second kappa shape index (κ2) is 39.7. The number of nitrogens with one attached hydrogen (secondary N) is 2. The van der Waals surface area contributed by atoms with Gasteiger partial charge in [-0.05, 0) is 237 Å². The molecule has 3 aromatic carbocycles. The van der Waals surface area contributed by atoms with Gasteiger partial charge in [0.1, 0.15) is 56.3 Å². The number of aromatic nitrogens is 15. The molecule has 0 amide bonds. The zero-order valence-corrected chi connectivity index (χ0v) is 85.7. The van der Waals surface area contributed by atoms with Crippen molar-refractivity contribution in [2.45, 2.75) is 139 Å². The van der Waals surface area contributed by atoms with Crippen LogP contribution in [0, 0.1) is 142 Å². The number of benzene rings is 3. The van der Waals surface area contributed by atoms with Crippen LogP contribution in [-0.4, -0.2) is 137 Å². The second-order valence-corrected chi connectivity index (χ2v) is 41.6. The Morgan fingerprint density at radius 3 is 0.964 bits per heavy atom. The number of carbonyl (C=O) groups is 3. The van der Waals surface area contributed by atoms with Crippen LogP contribution >= 0.6 is 45.2 Å². The molecule has 0 bridgehead atoms. The van der Waals surface area contributed by atoms with E-state index in [1.54, 1.807) is 165 Å². The molecular weight excluding hydrogens is 2050 g/mol. The van der Waals surface area contributed by atoms with Crippen molar-refractivity contribution in [3.63, 3.8) is 0 Å². The fraction of sp³-hybridized carbons (Fsp3) is 0.238. The smallest absolute Gasteiger partial charge is 0.323 e. The van der Waals surface area contributed by atoms with Gasteiger partial charge >= 0.3 is 17.9 Å². The van der Waals surface area contributed by atoms with Crippen molar-refractivity contribution >= 4 is 148 Å².